The van der Waals surface area contributed by atoms with Crippen LogP contribution >= 0.6 is 11.8 Å². The molecule has 3 nitrogen and oxygen atoms in total. The molecule has 1 rings (SSSR count). The summed E-state index contributed by atoms with van der Waals surface area (Å²) in [6, 6.07) is 1.90. The molecule has 0 aromatic carbocycles. The quantitative estimate of drug-likeness (QED) is 0.750. The molecule has 4 heteroatoms. The van der Waals surface area contributed by atoms with Gasteiger partial charge in [-0.3, -0.25) is 9.89 Å². The average Bonchev–Trinajstić information content (AvgIpc) is 2.55. The zero-order valence-electron chi connectivity index (χ0n) is 7.49. The monoisotopic (exact) mass is 196 g/mol. The summed E-state index contributed by atoms with van der Waals surface area (Å²) in [4.78, 5) is 10.6. The number of carbonyl (C=O) groups excluding carboxylic acids is 1. The van der Waals surface area contributed by atoms with Crippen molar-refractivity contribution < 1.29 is 4.79 Å². The first kappa shape index (κ1) is 10.1. The lowest BCUT2D eigenvalue weighted by Crippen LogP contribution is -1.83. The van der Waals surface area contributed by atoms with Gasteiger partial charge in [-0.2, -0.15) is 5.10 Å². The van der Waals surface area contributed by atoms with E-state index in [9.17, 15) is 4.79 Å². The number of hydrogen-bond donors (Lipinski definition) is 1. The lowest BCUT2D eigenvalue weighted by atomic mass is 10.3. The maximum Gasteiger partial charge on any atom is 0.185 e. The van der Waals surface area contributed by atoms with Crippen molar-refractivity contribution in [2.45, 2.75) is 13.3 Å². The Balaban J connectivity index is 2.16. The molecular weight excluding hydrogens is 184 g/mol. The van der Waals surface area contributed by atoms with Crippen LogP contribution in [-0.2, 0) is 4.79 Å². The summed E-state index contributed by atoms with van der Waals surface area (Å²) in [7, 11) is 0. The number of rotatable bonds is 4. The minimum absolute atomic E-state index is 0.176. The number of allylic oxidation sites excluding steroid dienone is 1. The van der Waals surface area contributed by atoms with Gasteiger partial charge in [-0.05, 0) is 18.6 Å². The fourth-order valence-electron chi connectivity index (χ4n) is 0.840. The van der Waals surface area contributed by atoms with E-state index in [1.165, 1.54) is 11.8 Å². The molecule has 0 saturated carbocycles. The van der Waals surface area contributed by atoms with E-state index < -0.39 is 0 Å². The first-order chi connectivity index (χ1) is 6.29. The highest BCUT2D eigenvalue weighted by Crippen LogP contribution is 2.04. The summed E-state index contributed by atoms with van der Waals surface area (Å²) < 4.78 is 0. The topological polar surface area (TPSA) is 45.8 Å². The lowest BCUT2D eigenvalue weighted by Gasteiger charge is -1.90. The van der Waals surface area contributed by atoms with Crippen LogP contribution in [0.3, 0.4) is 0 Å². The molecule has 0 atom stereocenters. The maximum absolute atomic E-state index is 10.6. The molecule has 0 aliphatic carbocycles. The van der Waals surface area contributed by atoms with Gasteiger partial charge >= 0.3 is 0 Å². The van der Waals surface area contributed by atoms with E-state index in [2.05, 4.69) is 10.2 Å². The van der Waals surface area contributed by atoms with E-state index in [-0.39, 0.29) is 5.12 Å². The number of aromatic amines is 1. The van der Waals surface area contributed by atoms with Crippen molar-refractivity contribution in [3.05, 3.63) is 24.0 Å². The molecule has 1 aromatic heterocycles. The standard InChI is InChI=1S/C9H12N2OS/c1-8(12)13-7-3-2-4-9-5-6-10-11-9/h2,4-6H,3,7H2,1H3,(H,10,11). The molecule has 1 aromatic rings. The number of nitrogens with one attached hydrogen (secondary N) is 1. The lowest BCUT2D eigenvalue weighted by molar-refractivity contribution is -0.109. The van der Waals surface area contributed by atoms with Crippen molar-refractivity contribution in [1.82, 2.24) is 10.2 Å². The molecule has 0 unspecified atom stereocenters. The Labute approximate surface area is 81.6 Å². The number of H-pyrrole nitrogens is 1. The molecule has 1 heterocycles. The minimum atomic E-state index is 0.176. The van der Waals surface area contributed by atoms with Gasteiger partial charge < -0.3 is 0 Å². The van der Waals surface area contributed by atoms with Crippen molar-refractivity contribution >= 4 is 23.0 Å². The van der Waals surface area contributed by atoms with Gasteiger partial charge in [0.05, 0.1) is 5.69 Å². The number of aromatic nitrogens is 2. The fraction of sp³-hybridized carbons (Fsp3) is 0.333. The van der Waals surface area contributed by atoms with Crippen LogP contribution in [0.5, 0.6) is 0 Å². The predicted octanol–water partition coefficient (Wildman–Crippen LogP) is 2.09. The molecule has 0 spiro atoms. The van der Waals surface area contributed by atoms with E-state index in [0.717, 1.165) is 17.9 Å². The van der Waals surface area contributed by atoms with Gasteiger partial charge in [-0.1, -0.05) is 17.8 Å². The van der Waals surface area contributed by atoms with Crippen molar-refractivity contribution in [3.63, 3.8) is 0 Å². The average molecular weight is 196 g/mol. The van der Waals surface area contributed by atoms with Crippen LogP contribution in [0.15, 0.2) is 18.3 Å². The third-order valence-electron chi connectivity index (χ3n) is 1.41. The van der Waals surface area contributed by atoms with E-state index in [1.807, 2.05) is 18.2 Å². The normalized spacial score (nSPS) is 10.8. The van der Waals surface area contributed by atoms with E-state index >= 15 is 0 Å². The molecule has 0 bridgehead atoms. The second kappa shape index (κ2) is 5.59. The van der Waals surface area contributed by atoms with E-state index in [1.54, 1.807) is 13.1 Å². The van der Waals surface area contributed by atoms with Gasteiger partial charge in [-0.15, -0.1) is 0 Å². The SMILES string of the molecule is CC(=O)SCCC=Cc1ccn[nH]1. The number of thioether (sulfide) groups is 1. The van der Waals surface area contributed by atoms with Gasteiger partial charge in [-0.25, -0.2) is 0 Å². The Bertz CT molecular complexity index is 280. The Morgan fingerprint density at radius 2 is 2.62 bits per heavy atom. The zero-order valence-corrected chi connectivity index (χ0v) is 8.30. The summed E-state index contributed by atoms with van der Waals surface area (Å²) >= 11 is 1.35. The van der Waals surface area contributed by atoms with Crippen LogP contribution in [0, 0.1) is 0 Å². The molecule has 0 saturated heterocycles. The number of carbonyl (C=O) groups is 1. The van der Waals surface area contributed by atoms with Crippen LogP contribution in [0.25, 0.3) is 6.08 Å². The highest BCUT2D eigenvalue weighted by Gasteiger charge is 1.91. The smallest absolute Gasteiger partial charge is 0.185 e. The molecule has 0 radical (unpaired) electrons. The largest absolute Gasteiger partial charge is 0.288 e. The first-order valence-corrected chi connectivity index (χ1v) is 5.07. The third-order valence-corrected chi connectivity index (χ3v) is 2.26. The van der Waals surface area contributed by atoms with Gasteiger partial charge in [0, 0.05) is 18.9 Å². The molecular formula is C9H12N2OS. The number of hydrogen-bond acceptors (Lipinski definition) is 3. The Morgan fingerprint density at radius 1 is 1.77 bits per heavy atom. The molecule has 70 valence electrons. The molecule has 0 aliphatic heterocycles. The highest BCUT2D eigenvalue weighted by atomic mass is 32.2. The van der Waals surface area contributed by atoms with Gasteiger partial charge in [0.25, 0.3) is 0 Å². The zero-order chi connectivity index (χ0) is 9.52. The third kappa shape index (κ3) is 4.52. The molecule has 0 amide bonds. The first-order valence-electron chi connectivity index (χ1n) is 4.08. The van der Waals surface area contributed by atoms with Crippen LogP contribution in [0.1, 0.15) is 19.0 Å². The van der Waals surface area contributed by atoms with Crippen molar-refractivity contribution in [3.8, 4) is 0 Å². The van der Waals surface area contributed by atoms with Gasteiger partial charge in [0.1, 0.15) is 0 Å². The highest BCUT2D eigenvalue weighted by molar-refractivity contribution is 8.13. The van der Waals surface area contributed by atoms with E-state index in [0.29, 0.717) is 0 Å². The molecule has 0 fully saturated rings. The minimum Gasteiger partial charge on any atom is -0.288 e. The van der Waals surface area contributed by atoms with Gasteiger partial charge in [0.15, 0.2) is 5.12 Å². The second-order valence-electron chi connectivity index (χ2n) is 2.54. The van der Waals surface area contributed by atoms with Crippen LogP contribution in [-0.4, -0.2) is 21.1 Å². The molecule has 1 N–H and O–H groups in total. The summed E-state index contributed by atoms with van der Waals surface area (Å²) in [5.74, 6) is 0.847. The maximum atomic E-state index is 10.6. The van der Waals surface area contributed by atoms with E-state index in [4.69, 9.17) is 0 Å². The summed E-state index contributed by atoms with van der Waals surface area (Å²) in [6.07, 6.45) is 6.62. The summed E-state index contributed by atoms with van der Waals surface area (Å²) in [6.45, 7) is 1.59. The Hall–Kier alpha value is -1.03. The summed E-state index contributed by atoms with van der Waals surface area (Å²) in [5.41, 5.74) is 0.993. The molecule has 0 aliphatic rings. The van der Waals surface area contributed by atoms with Crippen molar-refractivity contribution in [2.75, 3.05) is 5.75 Å². The second-order valence-corrected chi connectivity index (χ2v) is 3.81. The molecule has 13 heavy (non-hydrogen) atoms. The number of nitrogens with zero attached hydrogens (tertiary/aromatic N) is 1. The predicted molar refractivity (Wildman–Crippen MR) is 55.4 cm³/mol. The Morgan fingerprint density at radius 3 is 3.23 bits per heavy atom. The van der Waals surface area contributed by atoms with Crippen LogP contribution < -0.4 is 0 Å². The van der Waals surface area contributed by atoms with Gasteiger partial charge in [0.2, 0.25) is 0 Å². The fourth-order valence-corrected chi connectivity index (χ4v) is 1.38. The van der Waals surface area contributed by atoms with Crippen molar-refractivity contribution in [2.24, 2.45) is 0 Å². The van der Waals surface area contributed by atoms with Crippen molar-refractivity contribution in [1.29, 1.82) is 0 Å². The Kier molecular flexibility index (Phi) is 4.32. The summed E-state index contributed by atoms with van der Waals surface area (Å²) in [5, 5.41) is 6.82. The van der Waals surface area contributed by atoms with Crippen LogP contribution in [0.4, 0.5) is 0 Å². The van der Waals surface area contributed by atoms with Crippen LogP contribution in [0.2, 0.25) is 0 Å².